The van der Waals surface area contributed by atoms with E-state index in [1.165, 1.54) is 18.2 Å². The van der Waals surface area contributed by atoms with Gasteiger partial charge in [0.05, 0.1) is 18.5 Å². The second-order valence-corrected chi connectivity index (χ2v) is 4.76. The molecule has 4 nitrogen and oxygen atoms in total. The molecule has 1 N–H and O–H groups in total. The second-order valence-electron chi connectivity index (χ2n) is 3.94. The van der Waals surface area contributed by atoms with Crippen LogP contribution in [0, 0.1) is 12.7 Å². The average molecular weight is 327 g/mol. The minimum absolute atomic E-state index is 0.125. The van der Waals surface area contributed by atoms with Crippen LogP contribution >= 0.6 is 15.9 Å². The second kappa shape index (κ2) is 6.08. The normalized spacial score (nSPS) is 10.5. The third-order valence-electron chi connectivity index (χ3n) is 2.59. The van der Waals surface area contributed by atoms with E-state index in [2.05, 4.69) is 25.9 Å². The van der Waals surface area contributed by atoms with Gasteiger partial charge in [-0.2, -0.15) is 0 Å². The van der Waals surface area contributed by atoms with Gasteiger partial charge in [-0.05, 0) is 46.1 Å². The van der Waals surface area contributed by atoms with Gasteiger partial charge in [0.1, 0.15) is 17.0 Å². The number of nitrogens with zero attached hydrogens (tertiary/aromatic N) is 2. The molecule has 2 rings (SSSR count). The lowest BCUT2D eigenvalue weighted by Gasteiger charge is -2.10. The Balaban J connectivity index is 2.18. The maximum absolute atomic E-state index is 13.2. The Morgan fingerprint density at radius 1 is 1.37 bits per heavy atom. The van der Waals surface area contributed by atoms with Gasteiger partial charge < -0.3 is 9.84 Å². The highest BCUT2D eigenvalue weighted by molar-refractivity contribution is 9.10. The van der Waals surface area contributed by atoms with Gasteiger partial charge in [0, 0.05) is 0 Å². The van der Waals surface area contributed by atoms with Crippen molar-refractivity contribution >= 4 is 15.9 Å². The first-order valence-corrected chi connectivity index (χ1v) is 6.39. The third-order valence-corrected chi connectivity index (χ3v) is 2.97. The topological polar surface area (TPSA) is 55.2 Å². The number of hydrogen-bond donors (Lipinski definition) is 1. The van der Waals surface area contributed by atoms with E-state index in [1.54, 1.807) is 13.1 Å². The first-order chi connectivity index (χ1) is 9.10. The van der Waals surface area contributed by atoms with Gasteiger partial charge in [-0.25, -0.2) is 9.37 Å². The van der Waals surface area contributed by atoms with Crippen LogP contribution in [0.2, 0.25) is 0 Å². The van der Waals surface area contributed by atoms with Crippen molar-refractivity contribution in [1.82, 2.24) is 9.97 Å². The lowest BCUT2D eigenvalue weighted by Crippen LogP contribution is -2.04. The summed E-state index contributed by atoms with van der Waals surface area (Å²) in [5, 5.41) is 9.19. The van der Waals surface area contributed by atoms with Crippen molar-refractivity contribution in [2.75, 3.05) is 0 Å². The molecule has 0 unspecified atom stereocenters. The summed E-state index contributed by atoms with van der Waals surface area (Å²) in [5.74, 6) is 0.00961. The van der Waals surface area contributed by atoms with E-state index in [9.17, 15) is 9.50 Å². The highest BCUT2D eigenvalue weighted by Crippen LogP contribution is 2.18. The molecule has 0 aliphatic rings. The predicted molar refractivity (Wildman–Crippen MR) is 71.1 cm³/mol. The SMILES string of the molecule is Cc1ncc(Br)nc1OCc1cc(F)ccc1CO. The monoisotopic (exact) mass is 326 g/mol. The summed E-state index contributed by atoms with van der Waals surface area (Å²) < 4.78 is 19.3. The molecule has 0 fully saturated rings. The van der Waals surface area contributed by atoms with E-state index in [0.29, 0.717) is 27.3 Å². The van der Waals surface area contributed by atoms with Crippen LogP contribution in [0.25, 0.3) is 0 Å². The van der Waals surface area contributed by atoms with E-state index < -0.39 is 0 Å². The number of aliphatic hydroxyl groups excluding tert-OH is 1. The van der Waals surface area contributed by atoms with Crippen LogP contribution in [-0.2, 0) is 13.2 Å². The Bertz CT molecular complexity index is 593. The van der Waals surface area contributed by atoms with Gasteiger partial charge in [-0.3, -0.25) is 4.98 Å². The molecule has 0 aliphatic carbocycles. The van der Waals surface area contributed by atoms with Gasteiger partial charge in [0.15, 0.2) is 0 Å². The van der Waals surface area contributed by atoms with Crippen LogP contribution in [0.5, 0.6) is 5.88 Å². The van der Waals surface area contributed by atoms with Crippen LogP contribution in [-0.4, -0.2) is 15.1 Å². The molecule has 0 saturated carbocycles. The Kier molecular flexibility index (Phi) is 4.44. The van der Waals surface area contributed by atoms with E-state index in [-0.39, 0.29) is 19.0 Å². The first kappa shape index (κ1) is 13.9. The summed E-state index contributed by atoms with van der Waals surface area (Å²) in [6.07, 6.45) is 1.57. The Morgan fingerprint density at radius 3 is 2.89 bits per heavy atom. The maximum Gasteiger partial charge on any atom is 0.236 e. The Labute approximate surface area is 118 Å². The highest BCUT2D eigenvalue weighted by Gasteiger charge is 2.08. The quantitative estimate of drug-likeness (QED) is 0.938. The summed E-state index contributed by atoms with van der Waals surface area (Å²) in [7, 11) is 0. The molecular formula is C13H12BrFN2O2. The molecule has 0 saturated heterocycles. The zero-order valence-corrected chi connectivity index (χ0v) is 11.8. The van der Waals surface area contributed by atoms with Gasteiger partial charge in [0.2, 0.25) is 5.88 Å². The number of aryl methyl sites for hydroxylation is 1. The van der Waals surface area contributed by atoms with Crippen LogP contribution in [0.3, 0.4) is 0 Å². The third kappa shape index (κ3) is 3.48. The lowest BCUT2D eigenvalue weighted by atomic mass is 10.1. The Hall–Kier alpha value is -1.53. The smallest absolute Gasteiger partial charge is 0.236 e. The van der Waals surface area contributed by atoms with E-state index >= 15 is 0 Å². The molecule has 100 valence electrons. The minimum Gasteiger partial charge on any atom is -0.471 e. The van der Waals surface area contributed by atoms with E-state index in [1.807, 2.05) is 0 Å². The molecule has 0 spiro atoms. The van der Waals surface area contributed by atoms with Gasteiger partial charge in [-0.15, -0.1) is 0 Å². The number of hydrogen-bond acceptors (Lipinski definition) is 4. The van der Waals surface area contributed by atoms with Gasteiger partial charge in [0.25, 0.3) is 0 Å². The summed E-state index contributed by atoms with van der Waals surface area (Å²) >= 11 is 3.21. The van der Waals surface area contributed by atoms with Gasteiger partial charge in [-0.1, -0.05) is 6.07 Å². The summed E-state index contributed by atoms with van der Waals surface area (Å²) in [4.78, 5) is 8.23. The molecule has 0 atom stereocenters. The van der Waals surface area contributed by atoms with Crippen molar-refractivity contribution in [2.24, 2.45) is 0 Å². The largest absolute Gasteiger partial charge is 0.471 e. The molecule has 0 radical (unpaired) electrons. The fourth-order valence-electron chi connectivity index (χ4n) is 1.58. The molecule has 6 heteroatoms. The first-order valence-electron chi connectivity index (χ1n) is 5.60. The number of aliphatic hydroxyl groups is 1. The van der Waals surface area contributed by atoms with Crippen molar-refractivity contribution in [2.45, 2.75) is 20.1 Å². The molecule has 1 aromatic heterocycles. The molecule has 0 amide bonds. The van der Waals surface area contributed by atoms with Crippen LogP contribution < -0.4 is 4.74 Å². The van der Waals surface area contributed by atoms with Crippen LogP contribution in [0.1, 0.15) is 16.8 Å². The minimum atomic E-state index is -0.368. The predicted octanol–water partition coefficient (Wildman–Crippen LogP) is 2.76. The molecule has 1 heterocycles. The van der Waals surface area contributed by atoms with Gasteiger partial charge >= 0.3 is 0 Å². The number of halogens is 2. The van der Waals surface area contributed by atoms with Crippen molar-refractivity contribution in [1.29, 1.82) is 0 Å². The van der Waals surface area contributed by atoms with Crippen molar-refractivity contribution < 1.29 is 14.2 Å². The van der Waals surface area contributed by atoms with Crippen LogP contribution in [0.4, 0.5) is 4.39 Å². The molecular weight excluding hydrogens is 315 g/mol. The maximum atomic E-state index is 13.2. The zero-order chi connectivity index (χ0) is 13.8. The number of ether oxygens (including phenoxy) is 1. The van der Waals surface area contributed by atoms with Crippen molar-refractivity contribution in [3.8, 4) is 5.88 Å². The van der Waals surface area contributed by atoms with Crippen molar-refractivity contribution in [3.05, 3.63) is 51.6 Å². The highest BCUT2D eigenvalue weighted by atomic mass is 79.9. The molecule has 0 aliphatic heterocycles. The van der Waals surface area contributed by atoms with Crippen molar-refractivity contribution in [3.63, 3.8) is 0 Å². The lowest BCUT2D eigenvalue weighted by molar-refractivity contribution is 0.264. The van der Waals surface area contributed by atoms with Crippen LogP contribution in [0.15, 0.2) is 29.0 Å². The fourth-order valence-corrected chi connectivity index (χ4v) is 1.84. The number of rotatable bonds is 4. The summed E-state index contributed by atoms with van der Waals surface area (Å²) in [6, 6.07) is 4.18. The molecule has 2 aromatic rings. The fraction of sp³-hybridized carbons (Fsp3) is 0.231. The standard InChI is InChI=1S/C13H12BrFN2O2/c1-8-13(17-12(14)5-16-8)19-7-10-4-11(15)3-2-9(10)6-18/h2-5,18H,6-7H2,1H3. The number of aromatic nitrogens is 2. The van der Waals surface area contributed by atoms with E-state index in [0.717, 1.165) is 0 Å². The molecule has 19 heavy (non-hydrogen) atoms. The number of benzene rings is 1. The van der Waals surface area contributed by atoms with E-state index in [4.69, 9.17) is 4.74 Å². The molecule has 0 bridgehead atoms. The zero-order valence-electron chi connectivity index (χ0n) is 10.2. The average Bonchev–Trinajstić information content (AvgIpc) is 2.40. The summed E-state index contributed by atoms with van der Waals surface area (Å²) in [5.41, 5.74) is 1.86. The summed E-state index contributed by atoms with van der Waals surface area (Å²) in [6.45, 7) is 1.73. The Morgan fingerprint density at radius 2 is 2.16 bits per heavy atom. The molecule has 1 aromatic carbocycles.